The molecule has 0 saturated heterocycles. The van der Waals surface area contributed by atoms with E-state index in [1.807, 2.05) is 0 Å². The monoisotopic (exact) mass is 276 g/mol. The van der Waals surface area contributed by atoms with Crippen LogP contribution in [0.2, 0.25) is 0 Å². The average Bonchev–Trinajstić information content (AvgIpc) is 2.89. The van der Waals surface area contributed by atoms with E-state index in [1.54, 1.807) is 17.6 Å². The summed E-state index contributed by atoms with van der Waals surface area (Å²) in [7, 11) is 2.14. The van der Waals surface area contributed by atoms with E-state index in [0.29, 0.717) is 0 Å². The predicted molar refractivity (Wildman–Crippen MR) is 78.1 cm³/mol. The summed E-state index contributed by atoms with van der Waals surface area (Å²) in [6, 6.07) is 5.01. The van der Waals surface area contributed by atoms with Crippen LogP contribution in [0.5, 0.6) is 0 Å². The zero-order valence-corrected chi connectivity index (χ0v) is 12.1. The molecule has 3 nitrogen and oxygen atoms in total. The summed E-state index contributed by atoms with van der Waals surface area (Å²) in [5.41, 5.74) is 2.67. The standard InChI is InChI=1S/C15H20N2OS/c1-17(9-12-5-7-19-11-12)10-15-13(4-6-18-15)8-16-14-2-3-14/h4-7,11,14,16H,2-3,8-10H2,1H3. The van der Waals surface area contributed by atoms with Gasteiger partial charge in [-0.25, -0.2) is 0 Å². The number of rotatable bonds is 7. The van der Waals surface area contributed by atoms with Crippen molar-refractivity contribution in [3.63, 3.8) is 0 Å². The van der Waals surface area contributed by atoms with E-state index in [9.17, 15) is 0 Å². The third-order valence-corrected chi connectivity index (χ3v) is 4.17. The van der Waals surface area contributed by atoms with Crippen molar-refractivity contribution in [3.05, 3.63) is 46.0 Å². The topological polar surface area (TPSA) is 28.4 Å². The maximum Gasteiger partial charge on any atom is 0.122 e. The Morgan fingerprint density at radius 1 is 1.37 bits per heavy atom. The summed E-state index contributed by atoms with van der Waals surface area (Å²) in [5.74, 6) is 1.09. The second-order valence-corrected chi connectivity index (χ2v) is 6.11. The maximum absolute atomic E-state index is 5.63. The van der Waals surface area contributed by atoms with Gasteiger partial charge in [0.25, 0.3) is 0 Å². The summed E-state index contributed by atoms with van der Waals surface area (Å²) in [6.45, 7) is 2.77. The quantitative estimate of drug-likeness (QED) is 0.841. The first-order chi connectivity index (χ1) is 9.31. The van der Waals surface area contributed by atoms with Crippen molar-refractivity contribution in [2.45, 2.75) is 38.5 Å². The van der Waals surface area contributed by atoms with Gasteiger partial charge in [0.1, 0.15) is 5.76 Å². The smallest absolute Gasteiger partial charge is 0.122 e. The van der Waals surface area contributed by atoms with Gasteiger partial charge in [0.2, 0.25) is 0 Å². The summed E-state index contributed by atoms with van der Waals surface area (Å²) in [6.07, 6.45) is 4.45. The van der Waals surface area contributed by atoms with Crippen LogP contribution in [-0.2, 0) is 19.6 Å². The molecule has 1 aliphatic rings. The van der Waals surface area contributed by atoms with E-state index in [-0.39, 0.29) is 0 Å². The van der Waals surface area contributed by atoms with Gasteiger partial charge < -0.3 is 9.73 Å². The molecule has 0 aliphatic heterocycles. The Morgan fingerprint density at radius 3 is 3.00 bits per heavy atom. The van der Waals surface area contributed by atoms with Crippen molar-refractivity contribution in [2.24, 2.45) is 0 Å². The molecule has 0 atom stereocenters. The molecule has 0 spiro atoms. The lowest BCUT2D eigenvalue weighted by Crippen LogP contribution is -2.19. The number of hydrogen-bond acceptors (Lipinski definition) is 4. The second kappa shape index (κ2) is 5.90. The zero-order chi connectivity index (χ0) is 13.1. The number of furan rings is 1. The first-order valence-corrected chi connectivity index (χ1v) is 7.74. The molecular formula is C15H20N2OS. The first kappa shape index (κ1) is 12.9. The molecule has 2 aromatic heterocycles. The van der Waals surface area contributed by atoms with Crippen molar-refractivity contribution in [1.82, 2.24) is 10.2 Å². The molecule has 0 radical (unpaired) electrons. The van der Waals surface area contributed by atoms with Gasteiger partial charge in [-0.1, -0.05) is 0 Å². The predicted octanol–water partition coefficient (Wildman–Crippen LogP) is 3.23. The molecule has 0 bridgehead atoms. The Hall–Kier alpha value is -1.10. The van der Waals surface area contributed by atoms with Gasteiger partial charge in [-0.3, -0.25) is 4.90 Å². The Labute approximate surface area is 118 Å². The highest BCUT2D eigenvalue weighted by Crippen LogP contribution is 2.21. The third kappa shape index (κ3) is 3.69. The Balaban J connectivity index is 1.54. The summed E-state index contributed by atoms with van der Waals surface area (Å²) < 4.78 is 5.63. The minimum Gasteiger partial charge on any atom is -0.468 e. The van der Waals surface area contributed by atoms with Crippen LogP contribution in [0.25, 0.3) is 0 Å². The van der Waals surface area contributed by atoms with Crippen LogP contribution in [0, 0.1) is 0 Å². The molecular weight excluding hydrogens is 256 g/mol. The zero-order valence-electron chi connectivity index (χ0n) is 11.3. The fraction of sp³-hybridized carbons (Fsp3) is 0.467. The molecule has 1 fully saturated rings. The van der Waals surface area contributed by atoms with Gasteiger partial charge in [0.15, 0.2) is 0 Å². The molecule has 1 aliphatic carbocycles. The molecule has 2 aromatic rings. The lowest BCUT2D eigenvalue weighted by Gasteiger charge is -2.15. The summed E-state index contributed by atoms with van der Waals surface area (Å²) >= 11 is 1.75. The molecule has 19 heavy (non-hydrogen) atoms. The van der Waals surface area contributed by atoms with E-state index in [4.69, 9.17) is 4.42 Å². The molecule has 4 heteroatoms. The van der Waals surface area contributed by atoms with E-state index < -0.39 is 0 Å². The van der Waals surface area contributed by atoms with Crippen molar-refractivity contribution in [2.75, 3.05) is 7.05 Å². The van der Waals surface area contributed by atoms with Crippen LogP contribution >= 0.6 is 11.3 Å². The molecule has 0 aromatic carbocycles. The van der Waals surface area contributed by atoms with Crippen LogP contribution in [0.15, 0.2) is 33.6 Å². The summed E-state index contributed by atoms with van der Waals surface area (Å²) in [5, 5.41) is 7.87. The fourth-order valence-corrected chi connectivity index (χ4v) is 2.86. The number of nitrogens with zero attached hydrogens (tertiary/aromatic N) is 1. The molecule has 102 valence electrons. The van der Waals surface area contributed by atoms with Crippen molar-refractivity contribution < 1.29 is 4.42 Å². The molecule has 2 heterocycles. The van der Waals surface area contributed by atoms with Gasteiger partial charge in [-0.05, 0) is 48.3 Å². The van der Waals surface area contributed by atoms with Crippen LogP contribution < -0.4 is 5.32 Å². The van der Waals surface area contributed by atoms with Crippen LogP contribution in [-0.4, -0.2) is 18.0 Å². The fourth-order valence-electron chi connectivity index (χ4n) is 2.20. The highest BCUT2D eigenvalue weighted by atomic mass is 32.1. The van der Waals surface area contributed by atoms with Crippen molar-refractivity contribution in [1.29, 1.82) is 0 Å². The Kier molecular flexibility index (Phi) is 4.01. The normalized spacial score (nSPS) is 15.3. The second-order valence-electron chi connectivity index (χ2n) is 5.33. The van der Waals surface area contributed by atoms with Gasteiger partial charge in [0.05, 0.1) is 12.8 Å². The Bertz CT molecular complexity index is 502. The lowest BCUT2D eigenvalue weighted by molar-refractivity contribution is 0.286. The van der Waals surface area contributed by atoms with Gasteiger partial charge in [-0.2, -0.15) is 11.3 Å². The molecule has 0 amide bonds. The van der Waals surface area contributed by atoms with Crippen molar-refractivity contribution >= 4 is 11.3 Å². The average molecular weight is 276 g/mol. The highest BCUT2D eigenvalue weighted by Gasteiger charge is 2.21. The SMILES string of the molecule is CN(Cc1ccsc1)Cc1occc1CNC1CC1. The first-order valence-electron chi connectivity index (χ1n) is 6.79. The molecule has 1 N–H and O–H groups in total. The summed E-state index contributed by atoms with van der Waals surface area (Å²) in [4.78, 5) is 2.29. The molecule has 3 rings (SSSR count). The third-order valence-electron chi connectivity index (χ3n) is 3.44. The van der Waals surface area contributed by atoms with E-state index in [1.165, 1.54) is 24.0 Å². The van der Waals surface area contributed by atoms with Crippen LogP contribution in [0.3, 0.4) is 0 Å². The molecule has 1 saturated carbocycles. The lowest BCUT2D eigenvalue weighted by atomic mass is 10.2. The van der Waals surface area contributed by atoms with Crippen LogP contribution in [0.4, 0.5) is 0 Å². The van der Waals surface area contributed by atoms with E-state index in [2.05, 4.69) is 40.2 Å². The molecule has 0 unspecified atom stereocenters. The number of nitrogens with one attached hydrogen (secondary N) is 1. The minimum absolute atomic E-state index is 0.742. The van der Waals surface area contributed by atoms with Gasteiger partial charge >= 0.3 is 0 Å². The van der Waals surface area contributed by atoms with E-state index >= 15 is 0 Å². The highest BCUT2D eigenvalue weighted by molar-refractivity contribution is 7.07. The van der Waals surface area contributed by atoms with Crippen molar-refractivity contribution in [3.8, 4) is 0 Å². The number of hydrogen-bond donors (Lipinski definition) is 1. The largest absolute Gasteiger partial charge is 0.468 e. The number of thiophene rings is 1. The minimum atomic E-state index is 0.742. The van der Waals surface area contributed by atoms with Gasteiger partial charge in [-0.15, -0.1) is 0 Å². The van der Waals surface area contributed by atoms with Gasteiger partial charge in [0, 0.05) is 24.7 Å². The van der Waals surface area contributed by atoms with E-state index in [0.717, 1.165) is 31.4 Å². The van der Waals surface area contributed by atoms with Crippen LogP contribution in [0.1, 0.15) is 29.7 Å². The Morgan fingerprint density at radius 2 is 2.26 bits per heavy atom. The maximum atomic E-state index is 5.63.